The summed E-state index contributed by atoms with van der Waals surface area (Å²) in [6.07, 6.45) is 0. The first-order valence-corrected chi connectivity index (χ1v) is 11.4. The van der Waals surface area contributed by atoms with Gasteiger partial charge < -0.3 is 13.6 Å². The second kappa shape index (κ2) is 8.03. The van der Waals surface area contributed by atoms with Gasteiger partial charge in [-0.15, -0.1) is 0 Å². The van der Waals surface area contributed by atoms with Gasteiger partial charge in [-0.05, 0) is 60.0 Å². The number of hydrogen-bond donors (Lipinski definition) is 1. The SMILES string of the molecule is COC(=O)C(NS(=O)(=O)c1ccc2c(c1)oc1ccc(-c3ccc(Cl)o3)cc12)C(C)C. The van der Waals surface area contributed by atoms with E-state index in [1.54, 1.807) is 38.1 Å². The highest BCUT2D eigenvalue weighted by atomic mass is 35.5. The molecule has 2 aromatic carbocycles. The van der Waals surface area contributed by atoms with Gasteiger partial charge >= 0.3 is 5.97 Å². The molecule has 4 aromatic rings. The lowest BCUT2D eigenvalue weighted by molar-refractivity contribution is -0.143. The van der Waals surface area contributed by atoms with Crippen LogP contribution < -0.4 is 4.72 Å². The number of benzene rings is 2. The summed E-state index contributed by atoms with van der Waals surface area (Å²) in [5.41, 5.74) is 1.83. The van der Waals surface area contributed by atoms with Gasteiger partial charge in [-0.3, -0.25) is 4.79 Å². The van der Waals surface area contributed by atoms with Crippen molar-refractivity contribution < 1.29 is 26.8 Å². The fourth-order valence-electron chi connectivity index (χ4n) is 3.37. The van der Waals surface area contributed by atoms with Crippen molar-refractivity contribution in [2.24, 2.45) is 5.92 Å². The lowest BCUT2D eigenvalue weighted by atomic mass is 10.1. The van der Waals surface area contributed by atoms with Gasteiger partial charge in [0.25, 0.3) is 0 Å². The van der Waals surface area contributed by atoms with E-state index in [2.05, 4.69) is 4.72 Å². The number of sulfonamides is 1. The third-order valence-electron chi connectivity index (χ3n) is 5.01. The summed E-state index contributed by atoms with van der Waals surface area (Å²) >= 11 is 5.87. The molecule has 0 saturated carbocycles. The zero-order valence-electron chi connectivity index (χ0n) is 17.0. The number of furan rings is 2. The van der Waals surface area contributed by atoms with Crippen molar-refractivity contribution in [3.8, 4) is 11.3 Å². The Morgan fingerprint density at radius 2 is 1.77 bits per heavy atom. The van der Waals surface area contributed by atoms with Crippen molar-refractivity contribution in [1.82, 2.24) is 4.72 Å². The highest BCUT2D eigenvalue weighted by molar-refractivity contribution is 7.89. The molecule has 0 amide bonds. The summed E-state index contributed by atoms with van der Waals surface area (Å²) in [6.45, 7) is 3.46. The number of hydrogen-bond acceptors (Lipinski definition) is 6. The third-order valence-corrected chi connectivity index (χ3v) is 6.66. The van der Waals surface area contributed by atoms with E-state index in [0.717, 1.165) is 16.3 Å². The summed E-state index contributed by atoms with van der Waals surface area (Å²) in [5, 5.41) is 1.86. The number of ether oxygens (including phenoxy) is 1. The molecule has 0 fully saturated rings. The van der Waals surface area contributed by atoms with Crippen molar-refractivity contribution in [2.75, 3.05) is 7.11 Å². The first-order chi connectivity index (χ1) is 14.7. The van der Waals surface area contributed by atoms with Gasteiger partial charge in [0.05, 0.1) is 12.0 Å². The lowest BCUT2D eigenvalue weighted by Gasteiger charge is -2.19. The van der Waals surface area contributed by atoms with Crippen LogP contribution in [0, 0.1) is 5.92 Å². The number of rotatable bonds is 6. The molecule has 0 aliphatic heterocycles. The molecule has 1 unspecified atom stereocenters. The van der Waals surface area contributed by atoms with Gasteiger partial charge in [0, 0.05) is 22.4 Å². The summed E-state index contributed by atoms with van der Waals surface area (Å²) in [4.78, 5) is 12.0. The van der Waals surface area contributed by atoms with Gasteiger partial charge in [0.1, 0.15) is 23.0 Å². The molecule has 7 nitrogen and oxygen atoms in total. The Bertz CT molecular complexity index is 1390. The van der Waals surface area contributed by atoms with Crippen molar-refractivity contribution in [3.05, 3.63) is 53.8 Å². The van der Waals surface area contributed by atoms with Gasteiger partial charge in [-0.25, -0.2) is 8.42 Å². The van der Waals surface area contributed by atoms with Gasteiger partial charge in [0.2, 0.25) is 10.0 Å². The van der Waals surface area contributed by atoms with E-state index < -0.39 is 22.0 Å². The van der Waals surface area contributed by atoms with Gasteiger partial charge in [0.15, 0.2) is 5.22 Å². The Morgan fingerprint density at radius 1 is 1.00 bits per heavy atom. The number of nitrogens with one attached hydrogen (secondary N) is 1. The Hall–Kier alpha value is -2.81. The molecule has 1 atom stereocenters. The maximum absolute atomic E-state index is 12.9. The monoisotopic (exact) mass is 461 g/mol. The summed E-state index contributed by atoms with van der Waals surface area (Å²) in [6, 6.07) is 12.6. The highest BCUT2D eigenvalue weighted by Gasteiger charge is 2.29. The molecule has 0 radical (unpaired) electrons. The van der Waals surface area contributed by atoms with Gasteiger partial charge in [-0.1, -0.05) is 13.8 Å². The number of halogens is 1. The largest absolute Gasteiger partial charge is 0.468 e. The van der Waals surface area contributed by atoms with Crippen LogP contribution in [0.3, 0.4) is 0 Å². The first kappa shape index (κ1) is 21.4. The number of carbonyl (C=O) groups excluding carboxylic acids is 1. The smallest absolute Gasteiger partial charge is 0.324 e. The molecular formula is C22H20ClNO6S. The predicted octanol–water partition coefficient (Wildman–Crippen LogP) is 4.98. The summed E-state index contributed by atoms with van der Waals surface area (Å²) in [7, 11) is -2.76. The maximum Gasteiger partial charge on any atom is 0.324 e. The van der Waals surface area contributed by atoms with E-state index in [0.29, 0.717) is 22.1 Å². The minimum Gasteiger partial charge on any atom is -0.468 e. The predicted molar refractivity (Wildman–Crippen MR) is 117 cm³/mol. The van der Waals surface area contributed by atoms with E-state index in [9.17, 15) is 13.2 Å². The van der Waals surface area contributed by atoms with Crippen molar-refractivity contribution in [2.45, 2.75) is 24.8 Å². The molecule has 0 aliphatic rings. The lowest BCUT2D eigenvalue weighted by Crippen LogP contribution is -2.44. The molecule has 4 rings (SSSR count). The van der Waals surface area contributed by atoms with Crippen molar-refractivity contribution in [3.63, 3.8) is 0 Å². The molecule has 0 spiro atoms. The van der Waals surface area contributed by atoms with Crippen LogP contribution in [0.1, 0.15) is 13.8 Å². The molecule has 1 N–H and O–H groups in total. The summed E-state index contributed by atoms with van der Waals surface area (Å²) in [5.74, 6) is -0.313. The number of methoxy groups -OCH3 is 1. The first-order valence-electron chi connectivity index (χ1n) is 9.52. The molecule has 2 aromatic heterocycles. The molecule has 162 valence electrons. The Kier molecular flexibility index (Phi) is 5.55. The number of esters is 1. The molecule has 0 bridgehead atoms. The normalized spacial score (nSPS) is 13.2. The van der Waals surface area contributed by atoms with Crippen molar-refractivity contribution >= 4 is 49.5 Å². The minimum absolute atomic E-state index is 0.00773. The van der Waals surface area contributed by atoms with E-state index in [1.165, 1.54) is 19.2 Å². The molecule has 0 saturated heterocycles. The fourth-order valence-corrected chi connectivity index (χ4v) is 4.86. The standard InChI is InChI=1S/C22H20ClNO6S/c1-12(2)21(22(25)28-3)24-31(26,27)14-5-6-15-16-10-13(17-8-9-20(23)30-17)4-7-18(16)29-19(15)11-14/h4-12,21,24H,1-3H3. The topological polar surface area (TPSA) is 98.8 Å². The van der Waals surface area contributed by atoms with Crippen LogP contribution in [0.2, 0.25) is 5.22 Å². The minimum atomic E-state index is -3.98. The Labute approximate surface area is 184 Å². The van der Waals surface area contributed by atoms with Crippen LogP contribution >= 0.6 is 11.6 Å². The number of carbonyl (C=O) groups is 1. The molecule has 0 aliphatic carbocycles. The Morgan fingerprint density at radius 3 is 2.42 bits per heavy atom. The van der Waals surface area contributed by atoms with Crippen LogP contribution in [0.15, 0.2) is 62.3 Å². The average molecular weight is 462 g/mol. The second-order valence-corrected chi connectivity index (χ2v) is 9.53. The molecule has 31 heavy (non-hydrogen) atoms. The van der Waals surface area contributed by atoms with E-state index in [4.69, 9.17) is 25.2 Å². The van der Waals surface area contributed by atoms with Crippen LogP contribution in [0.25, 0.3) is 33.3 Å². The zero-order valence-corrected chi connectivity index (χ0v) is 18.6. The molecular weight excluding hydrogens is 442 g/mol. The highest BCUT2D eigenvalue weighted by Crippen LogP contribution is 2.34. The Balaban J connectivity index is 1.74. The van der Waals surface area contributed by atoms with E-state index >= 15 is 0 Å². The fraction of sp³-hybridized carbons (Fsp3) is 0.227. The third kappa shape index (κ3) is 4.06. The van der Waals surface area contributed by atoms with Crippen LogP contribution in [-0.2, 0) is 19.6 Å². The average Bonchev–Trinajstić information content (AvgIpc) is 3.33. The van der Waals surface area contributed by atoms with Gasteiger partial charge in [-0.2, -0.15) is 4.72 Å². The molecule has 2 heterocycles. The van der Waals surface area contributed by atoms with Crippen LogP contribution in [0.5, 0.6) is 0 Å². The maximum atomic E-state index is 12.9. The zero-order chi connectivity index (χ0) is 22.3. The van der Waals surface area contributed by atoms with Crippen LogP contribution in [0.4, 0.5) is 0 Å². The second-order valence-electron chi connectivity index (χ2n) is 7.44. The quantitative estimate of drug-likeness (QED) is 0.407. The van der Waals surface area contributed by atoms with E-state index in [-0.39, 0.29) is 10.8 Å². The van der Waals surface area contributed by atoms with Crippen molar-refractivity contribution in [1.29, 1.82) is 0 Å². The summed E-state index contributed by atoms with van der Waals surface area (Å²) < 4.78 is 44.2. The van der Waals surface area contributed by atoms with E-state index in [1.807, 2.05) is 12.1 Å². The van der Waals surface area contributed by atoms with Crippen LogP contribution in [-0.4, -0.2) is 27.5 Å². The molecule has 9 heteroatoms. The number of fused-ring (bicyclic) bond motifs is 3.